The maximum atomic E-state index is 11.6. The smallest absolute Gasteiger partial charge is 0.336 e. The lowest BCUT2D eigenvalue weighted by molar-refractivity contribution is -0.143. The Morgan fingerprint density at radius 1 is 0.618 bits per heavy atom. The zero-order chi connectivity index (χ0) is 25.4. The first-order valence-corrected chi connectivity index (χ1v) is 13.1. The monoisotopic (exact) mass is 478 g/mol. The van der Waals surface area contributed by atoms with Gasteiger partial charge in [0, 0.05) is 6.42 Å². The standard InChI is InChI=1S/C20H40O2.C8H6O4/c1-3-5-7-9-11-12-13-14-16-18-20(21)22-19-17-15-10-8-6-4-2;9-7(10)5-3-1-2-4-6(5)8(11)12/h3-19H2,1-2H3;1-4H,(H,9,10)(H,11,12). The van der Waals surface area contributed by atoms with Crippen LogP contribution in [0.2, 0.25) is 0 Å². The quantitative estimate of drug-likeness (QED) is 0.155. The van der Waals surface area contributed by atoms with Gasteiger partial charge in [0.15, 0.2) is 0 Å². The van der Waals surface area contributed by atoms with Crippen molar-refractivity contribution in [3.05, 3.63) is 35.4 Å². The van der Waals surface area contributed by atoms with Crippen LogP contribution in [0.1, 0.15) is 137 Å². The molecule has 0 amide bonds. The summed E-state index contributed by atoms with van der Waals surface area (Å²) >= 11 is 0. The van der Waals surface area contributed by atoms with Crippen LogP contribution in [0.4, 0.5) is 0 Å². The summed E-state index contributed by atoms with van der Waals surface area (Å²) in [6.45, 7) is 5.11. The molecule has 1 rings (SSSR count). The van der Waals surface area contributed by atoms with Crippen LogP contribution in [0.15, 0.2) is 24.3 Å². The topological polar surface area (TPSA) is 101 Å². The third-order valence-corrected chi connectivity index (χ3v) is 5.63. The summed E-state index contributed by atoms with van der Waals surface area (Å²) in [5.74, 6) is -2.45. The fourth-order valence-corrected chi connectivity index (χ4v) is 3.58. The molecule has 0 unspecified atom stereocenters. The molecule has 6 heteroatoms. The van der Waals surface area contributed by atoms with E-state index in [1.807, 2.05) is 0 Å². The van der Waals surface area contributed by atoms with Crippen molar-refractivity contribution in [1.82, 2.24) is 0 Å². The Hall–Kier alpha value is -2.37. The highest BCUT2D eigenvalue weighted by Crippen LogP contribution is 2.11. The second-order valence-corrected chi connectivity index (χ2v) is 8.72. The maximum Gasteiger partial charge on any atom is 0.336 e. The lowest BCUT2D eigenvalue weighted by Crippen LogP contribution is -2.06. The molecular weight excluding hydrogens is 432 g/mol. The summed E-state index contributed by atoms with van der Waals surface area (Å²) in [7, 11) is 0. The van der Waals surface area contributed by atoms with Crippen molar-refractivity contribution in [1.29, 1.82) is 0 Å². The number of carbonyl (C=O) groups excluding carboxylic acids is 1. The van der Waals surface area contributed by atoms with Gasteiger partial charge < -0.3 is 14.9 Å². The molecule has 2 N–H and O–H groups in total. The molecule has 6 nitrogen and oxygen atoms in total. The minimum absolute atomic E-state index is 0.0107. The van der Waals surface area contributed by atoms with E-state index in [0.29, 0.717) is 13.0 Å². The fraction of sp³-hybridized carbons (Fsp3) is 0.679. The van der Waals surface area contributed by atoms with Gasteiger partial charge in [0.25, 0.3) is 0 Å². The van der Waals surface area contributed by atoms with Gasteiger partial charge in [-0.2, -0.15) is 0 Å². The Morgan fingerprint density at radius 2 is 1.00 bits per heavy atom. The van der Waals surface area contributed by atoms with Gasteiger partial charge in [-0.3, -0.25) is 4.79 Å². The second-order valence-electron chi connectivity index (χ2n) is 8.72. The number of aromatic carboxylic acids is 2. The number of esters is 1. The molecular formula is C28H46O6. The summed E-state index contributed by atoms with van der Waals surface area (Å²) in [6.07, 6.45) is 19.7. The van der Waals surface area contributed by atoms with Crippen molar-refractivity contribution in [2.75, 3.05) is 6.61 Å². The van der Waals surface area contributed by atoms with Crippen LogP contribution >= 0.6 is 0 Å². The number of benzene rings is 1. The van der Waals surface area contributed by atoms with Gasteiger partial charge in [-0.1, -0.05) is 109 Å². The first-order chi connectivity index (χ1) is 16.4. The van der Waals surface area contributed by atoms with Gasteiger partial charge in [0.1, 0.15) is 0 Å². The number of hydrogen-bond donors (Lipinski definition) is 2. The number of carbonyl (C=O) groups is 3. The molecule has 34 heavy (non-hydrogen) atoms. The minimum atomic E-state index is -1.23. The normalized spacial score (nSPS) is 10.3. The molecule has 0 spiro atoms. The lowest BCUT2D eigenvalue weighted by atomic mass is 10.1. The van der Waals surface area contributed by atoms with E-state index in [0.717, 1.165) is 12.8 Å². The third-order valence-electron chi connectivity index (χ3n) is 5.63. The number of carboxylic acid groups (broad SMARTS) is 2. The fourth-order valence-electron chi connectivity index (χ4n) is 3.58. The average Bonchev–Trinajstić information content (AvgIpc) is 2.82. The number of rotatable bonds is 19. The summed E-state index contributed by atoms with van der Waals surface area (Å²) in [4.78, 5) is 32.5. The van der Waals surface area contributed by atoms with Gasteiger partial charge in [0.2, 0.25) is 0 Å². The first kappa shape index (κ1) is 31.6. The van der Waals surface area contributed by atoms with Crippen LogP contribution in [0.3, 0.4) is 0 Å². The third kappa shape index (κ3) is 18.1. The van der Waals surface area contributed by atoms with Crippen LogP contribution in [0.25, 0.3) is 0 Å². The Labute approximate surface area is 206 Å². The molecule has 0 aliphatic rings. The summed E-state index contributed by atoms with van der Waals surface area (Å²) in [5, 5.41) is 17.1. The molecule has 0 radical (unpaired) electrons. The zero-order valence-electron chi connectivity index (χ0n) is 21.4. The highest BCUT2D eigenvalue weighted by molar-refractivity contribution is 6.01. The molecule has 0 atom stereocenters. The Morgan fingerprint density at radius 3 is 1.41 bits per heavy atom. The number of ether oxygens (including phenoxy) is 1. The molecule has 0 aliphatic carbocycles. The van der Waals surface area contributed by atoms with Crippen molar-refractivity contribution < 1.29 is 29.3 Å². The van der Waals surface area contributed by atoms with E-state index in [9.17, 15) is 14.4 Å². The van der Waals surface area contributed by atoms with Crippen LogP contribution in [-0.4, -0.2) is 34.7 Å². The maximum absolute atomic E-state index is 11.6. The van der Waals surface area contributed by atoms with E-state index in [1.54, 1.807) is 0 Å². The zero-order valence-corrected chi connectivity index (χ0v) is 21.4. The summed E-state index contributed by atoms with van der Waals surface area (Å²) < 4.78 is 5.28. The van der Waals surface area contributed by atoms with Crippen LogP contribution in [0, 0.1) is 0 Å². The predicted molar refractivity (Wildman–Crippen MR) is 137 cm³/mol. The minimum Gasteiger partial charge on any atom is -0.478 e. The van der Waals surface area contributed by atoms with E-state index in [2.05, 4.69) is 13.8 Å². The van der Waals surface area contributed by atoms with Crippen molar-refractivity contribution in [3.63, 3.8) is 0 Å². The molecule has 0 aliphatic heterocycles. The largest absolute Gasteiger partial charge is 0.478 e. The Bertz CT molecular complexity index is 638. The van der Waals surface area contributed by atoms with Crippen molar-refractivity contribution >= 4 is 17.9 Å². The molecule has 0 bridgehead atoms. The van der Waals surface area contributed by atoms with E-state index in [4.69, 9.17) is 14.9 Å². The van der Waals surface area contributed by atoms with Gasteiger partial charge in [-0.05, 0) is 25.0 Å². The Kier molecular flexibility index (Phi) is 20.9. The van der Waals surface area contributed by atoms with E-state index >= 15 is 0 Å². The Balaban J connectivity index is 0.000000757. The van der Waals surface area contributed by atoms with Crippen LogP contribution in [0.5, 0.6) is 0 Å². The van der Waals surface area contributed by atoms with Crippen LogP contribution < -0.4 is 0 Å². The van der Waals surface area contributed by atoms with Gasteiger partial charge in [0.05, 0.1) is 17.7 Å². The molecule has 1 aromatic rings. The molecule has 0 saturated heterocycles. The van der Waals surface area contributed by atoms with Gasteiger partial charge >= 0.3 is 17.9 Å². The van der Waals surface area contributed by atoms with Crippen molar-refractivity contribution in [2.45, 2.75) is 117 Å². The lowest BCUT2D eigenvalue weighted by Gasteiger charge is -2.05. The predicted octanol–water partition coefficient (Wildman–Crippen LogP) is 7.89. The van der Waals surface area contributed by atoms with Crippen LogP contribution in [-0.2, 0) is 9.53 Å². The second kappa shape index (κ2) is 22.4. The molecule has 0 heterocycles. The number of unbranched alkanes of at least 4 members (excludes halogenated alkanes) is 13. The van der Waals surface area contributed by atoms with Gasteiger partial charge in [-0.15, -0.1) is 0 Å². The highest BCUT2D eigenvalue weighted by Gasteiger charge is 2.13. The van der Waals surface area contributed by atoms with E-state index < -0.39 is 11.9 Å². The molecule has 0 fully saturated rings. The number of carboxylic acids is 2. The molecule has 194 valence electrons. The SMILES string of the molecule is CCCCCCCCCCCC(=O)OCCCCCCCC.O=C(O)c1ccccc1C(=O)O. The van der Waals surface area contributed by atoms with Gasteiger partial charge in [-0.25, -0.2) is 9.59 Å². The molecule has 1 aromatic carbocycles. The molecule has 0 aromatic heterocycles. The molecule has 0 saturated carbocycles. The summed E-state index contributed by atoms with van der Waals surface area (Å²) in [5.41, 5.74) is -0.380. The van der Waals surface area contributed by atoms with Crippen molar-refractivity contribution in [2.24, 2.45) is 0 Å². The van der Waals surface area contributed by atoms with Crippen molar-refractivity contribution in [3.8, 4) is 0 Å². The summed E-state index contributed by atoms with van der Waals surface area (Å²) in [6, 6.07) is 5.48. The number of hydrogen-bond acceptors (Lipinski definition) is 4. The average molecular weight is 479 g/mol. The van der Waals surface area contributed by atoms with E-state index in [1.165, 1.54) is 108 Å². The highest BCUT2D eigenvalue weighted by atomic mass is 16.5. The first-order valence-electron chi connectivity index (χ1n) is 13.1. The van der Waals surface area contributed by atoms with E-state index in [-0.39, 0.29) is 17.1 Å².